The zero-order valence-corrected chi connectivity index (χ0v) is 18.5. The second-order valence-electron chi connectivity index (χ2n) is 8.46. The van der Waals surface area contributed by atoms with E-state index in [1.807, 2.05) is 38.5 Å². The Morgan fingerprint density at radius 2 is 1.24 bits per heavy atom. The molecular formula is C24H23N9. The second-order valence-corrected chi connectivity index (χ2v) is 8.46. The maximum atomic E-state index is 4.67. The molecule has 6 aromatic heterocycles. The molecule has 6 aromatic rings. The molecule has 0 fully saturated rings. The van der Waals surface area contributed by atoms with Crippen molar-refractivity contribution in [3.05, 3.63) is 71.1 Å². The number of pyridine rings is 3. The molecule has 0 saturated carbocycles. The number of aromatic amines is 3. The molecule has 0 unspecified atom stereocenters. The lowest BCUT2D eigenvalue weighted by atomic mass is 10.1. The largest absolute Gasteiger partial charge is 0.341 e. The number of aromatic nitrogens is 9. The van der Waals surface area contributed by atoms with Gasteiger partial charge in [-0.1, -0.05) is 0 Å². The average molecular weight is 438 g/mol. The van der Waals surface area contributed by atoms with Gasteiger partial charge in [0, 0.05) is 30.9 Å². The summed E-state index contributed by atoms with van der Waals surface area (Å²) in [5, 5.41) is 0. The first-order valence-corrected chi connectivity index (χ1v) is 11.0. The van der Waals surface area contributed by atoms with E-state index in [-0.39, 0.29) is 0 Å². The number of imidazole rings is 3. The van der Waals surface area contributed by atoms with Gasteiger partial charge in [-0.25, -0.2) is 24.9 Å². The standard InChI is InChI=1S/C24H23N9/c1-13-7-17-20(12-25-13)32-21(30-17)5-6-22-31-19-9-16(11-27-24(19)33-22)4-3-15-8-18-23(26-10-15)29-14(2)28-18/h7-12H,3-6H2,1-2H3,(H,30,32)(H,26,28,29)(H,27,31,33). The van der Waals surface area contributed by atoms with Gasteiger partial charge in [0.15, 0.2) is 11.3 Å². The van der Waals surface area contributed by atoms with Gasteiger partial charge in [-0.3, -0.25) is 4.98 Å². The number of nitrogens with one attached hydrogen (secondary N) is 3. The zero-order chi connectivity index (χ0) is 22.4. The fourth-order valence-corrected chi connectivity index (χ4v) is 4.16. The van der Waals surface area contributed by atoms with Crippen LogP contribution in [-0.4, -0.2) is 44.9 Å². The van der Waals surface area contributed by atoms with Gasteiger partial charge in [0.05, 0.1) is 28.3 Å². The van der Waals surface area contributed by atoms with Crippen LogP contribution in [-0.2, 0) is 25.7 Å². The Bertz CT molecular complexity index is 1600. The van der Waals surface area contributed by atoms with Crippen molar-refractivity contribution in [1.29, 1.82) is 0 Å². The Morgan fingerprint density at radius 3 is 2.00 bits per heavy atom. The maximum absolute atomic E-state index is 4.67. The van der Waals surface area contributed by atoms with Crippen molar-refractivity contribution in [1.82, 2.24) is 44.9 Å². The highest BCUT2D eigenvalue weighted by molar-refractivity contribution is 5.74. The zero-order valence-electron chi connectivity index (χ0n) is 18.5. The Balaban J connectivity index is 1.14. The first-order valence-electron chi connectivity index (χ1n) is 11.0. The molecule has 0 spiro atoms. The molecule has 0 aliphatic heterocycles. The average Bonchev–Trinajstić information content (AvgIpc) is 3.50. The predicted molar refractivity (Wildman–Crippen MR) is 126 cm³/mol. The van der Waals surface area contributed by atoms with Crippen LogP contribution in [0.4, 0.5) is 0 Å². The molecule has 0 atom stereocenters. The summed E-state index contributed by atoms with van der Waals surface area (Å²) >= 11 is 0. The summed E-state index contributed by atoms with van der Waals surface area (Å²) in [6, 6.07) is 6.25. The first-order chi connectivity index (χ1) is 16.1. The van der Waals surface area contributed by atoms with Crippen molar-refractivity contribution in [2.75, 3.05) is 0 Å². The molecule has 6 heterocycles. The molecule has 0 amide bonds. The van der Waals surface area contributed by atoms with Crippen LogP contribution in [0.5, 0.6) is 0 Å². The number of aryl methyl sites for hydroxylation is 6. The molecule has 0 aromatic carbocycles. The smallest absolute Gasteiger partial charge is 0.177 e. The Hall–Kier alpha value is -4.14. The van der Waals surface area contributed by atoms with Crippen LogP contribution in [0.25, 0.3) is 33.4 Å². The van der Waals surface area contributed by atoms with Crippen LogP contribution >= 0.6 is 0 Å². The molecule has 0 radical (unpaired) electrons. The summed E-state index contributed by atoms with van der Waals surface area (Å²) < 4.78 is 0. The quantitative estimate of drug-likeness (QED) is 0.365. The van der Waals surface area contributed by atoms with E-state index < -0.39 is 0 Å². The molecule has 0 saturated heterocycles. The van der Waals surface area contributed by atoms with Crippen molar-refractivity contribution in [3.63, 3.8) is 0 Å². The van der Waals surface area contributed by atoms with Crippen molar-refractivity contribution in [2.45, 2.75) is 39.5 Å². The van der Waals surface area contributed by atoms with E-state index in [2.05, 4.69) is 57.0 Å². The minimum absolute atomic E-state index is 0.745. The number of nitrogens with zero attached hydrogens (tertiary/aromatic N) is 6. The fraction of sp³-hybridized carbons (Fsp3) is 0.250. The lowest BCUT2D eigenvalue weighted by Gasteiger charge is -2.02. The molecule has 0 aliphatic carbocycles. The van der Waals surface area contributed by atoms with Gasteiger partial charge in [0.1, 0.15) is 17.5 Å². The molecule has 3 N–H and O–H groups in total. The molecule has 33 heavy (non-hydrogen) atoms. The molecule has 0 aliphatic rings. The molecule has 9 nitrogen and oxygen atoms in total. The minimum Gasteiger partial charge on any atom is -0.341 e. The maximum Gasteiger partial charge on any atom is 0.177 e. The van der Waals surface area contributed by atoms with E-state index in [1.165, 1.54) is 11.1 Å². The Labute approximate surface area is 189 Å². The summed E-state index contributed by atoms with van der Waals surface area (Å²) in [7, 11) is 0. The lowest BCUT2D eigenvalue weighted by Crippen LogP contribution is -1.95. The van der Waals surface area contributed by atoms with Crippen LogP contribution in [0.3, 0.4) is 0 Å². The Kier molecular flexibility index (Phi) is 4.60. The molecule has 0 bridgehead atoms. The molecule has 164 valence electrons. The number of hydrogen-bond donors (Lipinski definition) is 3. The minimum atomic E-state index is 0.745. The summed E-state index contributed by atoms with van der Waals surface area (Å²) in [5.41, 5.74) is 8.67. The first kappa shape index (κ1) is 19.5. The number of rotatable bonds is 6. The highest BCUT2D eigenvalue weighted by Gasteiger charge is 2.09. The van der Waals surface area contributed by atoms with E-state index in [1.54, 1.807) is 0 Å². The van der Waals surface area contributed by atoms with Crippen LogP contribution in [0.1, 0.15) is 34.3 Å². The highest BCUT2D eigenvalue weighted by atomic mass is 15.0. The summed E-state index contributed by atoms with van der Waals surface area (Å²) in [6.45, 7) is 3.91. The van der Waals surface area contributed by atoms with Gasteiger partial charge in [-0.05, 0) is 56.0 Å². The lowest BCUT2D eigenvalue weighted by molar-refractivity contribution is 0.843. The van der Waals surface area contributed by atoms with Crippen LogP contribution in [0.2, 0.25) is 0 Å². The summed E-state index contributed by atoms with van der Waals surface area (Å²) in [5.74, 6) is 2.73. The Morgan fingerprint density at radius 1 is 0.606 bits per heavy atom. The topological polar surface area (TPSA) is 125 Å². The third kappa shape index (κ3) is 3.93. The third-order valence-electron chi connectivity index (χ3n) is 5.81. The van der Waals surface area contributed by atoms with Gasteiger partial charge in [0.25, 0.3) is 0 Å². The van der Waals surface area contributed by atoms with Gasteiger partial charge in [0.2, 0.25) is 0 Å². The van der Waals surface area contributed by atoms with Gasteiger partial charge in [-0.15, -0.1) is 0 Å². The van der Waals surface area contributed by atoms with Crippen LogP contribution in [0.15, 0.2) is 36.8 Å². The van der Waals surface area contributed by atoms with Gasteiger partial charge >= 0.3 is 0 Å². The molecule has 6 rings (SSSR count). The van der Waals surface area contributed by atoms with Crippen molar-refractivity contribution in [3.8, 4) is 0 Å². The van der Waals surface area contributed by atoms with E-state index in [0.29, 0.717) is 0 Å². The van der Waals surface area contributed by atoms with Gasteiger partial charge in [-0.2, -0.15) is 0 Å². The second kappa shape index (κ2) is 7.77. The normalized spacial score (nSPS) is 11.8. The number of hydrogen-bond acceptors (Lipinski definition) is 6. The van der Waals surface area contributed by atoms with Crippen molar-refractivity contribution >= 4 is 33.4 Å². The molecular weight excluding hydrogens is 414 g/mol. The van der Waals surface area contributed by atoms with Crippen LogP contribution < -0.4 is 0 Å². The van der Waals surface area contributed by atoms with E-state index in [9.17, 15) is 0 Å². The fourth-order valence-electron chi connectivity index (χ4n) is 4.16. The van der Waals surface area contributed by atoms with E-state index in [0.717, 1.165) is 82.2 Å². The van der Waals surface area contributed by atoms with Gasteiger partial charge < -0.3 is 15.0 Å². The number of H-pyrrole nitrogens is 3. The highest BCUT2D eigenvalue weighted by Crippen LogP contribution is 2.17. The van der Waals surface area contributed by atoms with E-state index in [4.69, 9.17) is 0 Å². The predicted octanol–water partition coefficient (Wildman–Crippen LogP) is 3.69. The van der Waals surface area contributed by atoms with E-state index >= 15 is 0 Å². The monoisotopic (exact) mass is 437 g/mol. The van der Waals surface area contributed by atoms with Crippen LogP contribution in [0, 0.1) is 13.8 Å². The summed E-state index contributed by atoms with van der Waals surface area (Å²) in [6.07, 6.45) is 8.93. The van der Waals surface area contributed by atoms with Crippen molar-refractivity contribution in [2.24, 2.45) is 0 Å². The molecule has 9 heteroatoms. The summed E-state index contributed by atoms with van der Waals surface area (Å²) in [4.78, 5) is 37.0. The third-order valence-corrected chi connectivity index (χ3v) is 5.81. The SMILES string of the molecule is Cc1cc2nc(CCc3nc4ncc(CCc5cnc6nc(C)[nH]c6c5)cc4[nH]3)[nH]c2cn1. The number of fused-ring (bicyclic) bond motifs is 3. The van der Waals surface area contributed by atoms with Crippen molar-refractivity contribution < 1.29 is 0 Å².